The highest BCUT2D eigenvalue weighted by Gasteiger charge is 2.07. The standard InChI is InChI=1S/C12H16BrClN2O/c13-12-9(14)5-4-6-10(12)16-11(17)7-2-1-3-8-15/h4-6H,1-3,7-8,15H2,(H,16,17). The Morgan fingerprint density at radius 2 is 2.12 bits per heavy atom. The first-order chi connectivity index (χ1) is 8.15. The van der Waals surface area contributed by atoms with Gasteiger partial charge in [-0.3, -0.25) is 4.79 Å². The molecule has 1 aromatic rings. The van der Waals surface area contributed by atoms with E-state index < -0.39 is 0 Å². The fraction of sp³-hybridized carbons (Fsp3) is 0.417. The topological polar surface area (TPSA) is 55.1 Å². The number of rotatable bonds is 6. The lowest BCUT2D eigenvalue weighted by Gasteiger charge is -2.08. The summed E-state index contributed by atoms with van der Waals surface area (Å²) in [6.45, 7) is 0.682. The van der Waals surface area contributed by atoms with Crippen LogP contribution >= 0.6 is 27.5 Å². The lowest BCUT2D eigenvalue weighted by Crippen LogP contribution is -2.11. The van der Waals surface area contributed by atoms with Crippen molar-refractivity contribution < 1.29 is 4.79 Å². The lowest BCUT2D eigenvalue weighted by atomic mass is 10.2. The average Bonchev–Trinajstić information content (AvgIpc) is 2.31. The van der Waals surface area contributed by atoms with Gasteiger partial charge in [-0.2, -0.15) is 0 Å². The van der Waals surface area contributed by atoms with Crippen molar-refractivity contribution in [3.8, 4) is 0 Å². The fourth-order valence-electron chi connectivity index (χ4n) is 1.42. The maximum absolute atomic E-state index is 11.6. The summed E-state index contributed by atoms with van der Waals surface area (Å²) in [5.41, 5.74) is 6.09. The van der Waals surface area contributed by atoms with E-state index in [0.717, 1.165) is 23.7 Å². The second-order valence-corrected chi connectivity index (χ2v) is 4.95. The van der Waals surface area contributed by atoms with E-state index in [1.54, 1.807) is 12.1 Å². The van der Waals surface area contributed by atoms with Crippen molar-refractivity contribution in [2.75, 3.05) is 11.9 Å². The van der Waals surface area contributed by atoms with Crippen LogP contribution in [0.3, 0.4) is 0 Å². The monoisotopic (exact) mass is 318 g/mol. The summed E-state index contributed by atoms with van der Waals surface area (Å²) in [6, 6.07) is 5.38. The van der Waals surface area contributed by atoms with Crippen LogP contribution in [0.25, 0.3) is 0 Å². The van der Waals surface area contributed by atoms with Gasteiger partial charge in [0.1, 0.15) is 0 Å². The summed E-state index contributed by atoms with van der Waals surface area (Å²) >= 11 is 9.27. The number of carbonyl (C=O) groups excluding carboxylic acids is 1. The Morgan fingerprint density at radius 1 is 1.35 bits per heavy atom. The quantitative estimate of drug-likeness (QED) is 0.788. The molecule has 0 saturated carbocycles. The van der Waals surface area contributed by atoms with Crippen LogP contribution in [0.1, 0.15) is 25.7 Å². The van der Waals surface area contributed by atoms with E-state index in [-0.39, 0.29) is 5.91 Å². The second-order valence-electron chi connectivity index (χ2n) is 3.75. The van der Waals surface area contributed by atoms with E-state index in [4.69, 9.17) is 17.3 Å². The Bertz CT molecular complexity index is 385. The van der Waals surface area contributed by atoms with Gasteiger partial charge in [-0.1, -0.05) is 24.1 Å². The Kier molecular flexibility index (Phi) is 6.55. The third kappa shape index (κ3) is 5.06. The van der Waals surface area contributed by atoms with Crippen molar-refractivity contribution in [2.45, 2.75) is 25.7 Å². The number of halogens is 2. The second kappa shape index (κ2) is 7.69. The van der Waals surface area contributed by atoms with Crippen molar-refractivity contribution in [2.24, 2.45) is 5.73 Å². The summed E-state index contributed by atoms with van der Waals surface area (Å²) in [6.07, 6.45) is 3.33. The predicted octanol–water partition coefficient (Wildman–Crippen LogP) is 3.56. The van der Waals surface area contributed by atoms with E-state index >= 15 is 0 Å². The molecule has 5 heteroatoms. The average molecular weight is 320 g/mol. The van der Waals surface area contributed by atoms with Crippen molar-refractivity contribution in [3.63, 3.8) is 0 Å². The Hall–Kier alpha value is -0.580. The van der Waals surface area contributed by atoms with E-state index in [2.05, 4.69) is 21.2 Å². The molecule has 3 N–H and O–H groups in total. The molecule has 1 amide bonds. The van der Waals surface area contributed by atoms with E-state index in [1.807, 2.05) is 6.07 Å². The predicted molar refractivity (Wildman–Crippen MR) is 75.3 cm³/mol. The van der Waals surface area contributed by atoms with Crippen molar-refractivity contribution in [3.05, 3.63) is 27.7 Å². The van der Waals surface area contributed by atoms with Crippen LogP contribution in [0.4, 0.5) is 5.69 Å². The smallest absolute Gasteiger partial charge is 0.224 e. The third-order valence-corrected chi connectivity index (χ3v) is 3.73. The molecule has 0 aromatic heterocycles. The van der Waals surface area contributed by atoms with Gasteiger partial charge in [0, 0.05) is 6.42 Å². The number of anilines is 1. The molecule has 0 unspecified atom stereocenters. The molecule has 0 saturated heterocycles. The molecule has 17 heavy (non-hydrogen) atoms. The number of benzene rings is 1. The highest BCUT2D eigenvalue weighted by Crippen LogP contribution is 2.30. The van der Waals surface area contributed by atoms with Crippen LogP contribution in [-0.4, -0.2) is 12.5 Å². The summed E-state index contributed by atoms with van der Waals surface area (Å²) in [7, 11) is 0. The van der Waals surface area contributed by atoms with E-state index in [9.17, 15) is 4.79 Å². The molecule has 0 bridgehead atoms. The summed E-state index contributed by atoms with van der Waals surface area (Å²) in [5.74, 6) is 0.00462. The third-order valence-electron chi connectivity index (χ3n) is 2.33. The number of hydrogen-bond donors (Lipinski definition) is 2. The van der Waals surface area contributed by atoms with Crippen LogP contribution in [-0.2, 0) is 4.79 Å². The maximum atomic E-state index is 11.6. The normalized spacial score (nSPS) is 10.3. The zero-order chi connectivity index (χ0) is 12.7. The van der Waals surface area contributed by atoms with Crippen LogP contribution in [0.15, 0.2) is 22.7 Å². The number of hydrogen-bond acceptors (Lipinski definition) is 2. The van der Waals surface area contributed by atoms with Gasteiger partial charge >= 0.3 is 0 Å². The van der Waals surface area contributed by atoms with E-state index in [1.165, 1.54) is 0 Å². The Labute approximate surface area is 115 Å². The minimum Gasteiger partial charge on any atom is -0.330 e. The maximum Gasteiger partial charge on any atom is 0.224 e. The first-order valence-corrected chi connectivity index (χ1v) is 6.76. The molecule has 0 aliphatic rings. The van der Waals surface area contributed by atoms with Gasteiger partial charge in [0.05, 0.1) is 15.2 Å². The molecule has 0 spiro atoms. The molecule has 1 rings (SSSR count). The van der Waals surface area contributed by atoms with Crippen LogP contribution in [0.2, 0.25) is 5.02 Å². The molecule has 0 heterocycles. The molecule has 0 aliphatic heterocycles. The molecular weight excluding hydrogens is 304 g/mol. The molecule has 0 atom stereocenters. The van der Waals surface area contributed by atoms with Crippen LogP contribution < -0.4 is 11.1 Å². The van der Waals surface area contributed by atoms with Gasteiger partial charge in [0.15, 0.2) is 0 Å². The molecule has 1 aromatic carbocycles. The minimum atomic E-state index is 0.00462. The van der Waals surface area contributed by atoms with Crippen molar-refractivity contribution in [1.29, 1.82) is 0 Å². The molecule has 3 nitrogen and oxygen atoms in total. The van der Waals surface area contributed by atoms with Gasteiger partial charge < -0.3 is 11.1 Å². The molecule has 0 fully saturated rings. The van der Waals surface area contributed by atoms with E-state index in [0.29, 0.717) is 23.7 Å². The van der Waals surface area contributed by atoms with Crippen LogP contribution in [0.5, 0.6) is 0 Å². The summed E-state index contributed by atoms with van der Waals surface area (Å²) in [4.78, 5) is 11.6. The molecule has 94 valence electrons. The first-order valence-electron chi connectivity index (χ1n) is 5.59. The number of amides is 1. The van der Waals surface area contributed by atoms with Gasteiger partial charge in [-0.25, -0.2) is 0 Å². The highest BCUT2D eigenvalue weighted by atomic mass is 79.9. The molecule has 0 radical (unpaired) electrons. The Balaban J connectivity index is 2.43. The van der Waals surface area contributed by atoms with Crippen LogP contribution in [0, 0.1) is 0 Å². The lowest BCUT2D eigenvalue weighted by molar-refractivity contribution is -0.116. The van der Waals surface area contributed by atoms with Gasteiger partial charge in [-0.15, -0.1) is 0 Å². The zero-order valence-electron chi connectivity index (χ0n) is 9.51. The Morgan fingerprint density at radius 3 is 2.82 bits per heavy atom. The van der Waals surface area contributed by atoms with Crippen molar-refractivity contribution >= 4 is 39.1 Å². The highest BCUT2D eigenvalue weighted by molar-refractivity contribution is 9.10. The number of unbranched alkanes of at least 4 members (excludes halogenated alkanes) is 2. The SMILES string of the molecule is NCCCCCC(=O)Nc1cccc(Cl)c1Br. The molecule has 0 aliphatic carbocycles. The summed E-state index contributed by atoms with van der Waals surface area (Å²) < 4.78 is 0.719. The fourth-order valence-corrected chi connectivity index (χ4v) is 1.96. The largest absolute Gasteiger partial charge is 0.330 e. The summed E-state index contributed by atoms with van der Waals surface area (Å²) in [5, 5.41) is 3.42. The number of carbonyl (C=O) groups is 1. The van der Waals surface area contributed by atoms with Gasteiger partial charge in [-0.05, 0) is 47.4 Å². The molecular formula is C12H16BrClN2O. The van der Waals surface area contributed by atoms with Crippen molar-refractivity contribution in [1.82, 2.24) is 0 Å². The first kappa shape index (κ1) is 14.5. The number of nitrogens with two attached hydrogens (primary N) is 1. The zero-order valence-corrected chi connectivity index (χ0v) is 11.9. The number of nitrogens with one attached hydrogen (secondary N) is 1. The minimum absolute atomic E-state index is 0.00462. The van der Waals surface area contributed by atoms with Gasteiger partial charge in [0.25, 0.3) is 0 Å². The van der Waals surface area contributed by atoms with Gasteiger partial charge in [0.2, 0.25) is 5.91 Å².